The van der Waals surface area contributed by atoms with E-state index in [-0.39, 0.29) is 48.6 Å². The van der Waals surface area contributed by atoms with Crippen molar-refractivity contribution < 1.29 is 14.4 Å². The van der Waals surface area contributed by atoms with Gasteiger partial charge in [0.25, 0.3) is 0 Å². The lowest BCUT2D eigenvalue weighted by molar-refractivity contribution is -0.140. The van der Waals surface area contributed by atoms with Gasteiger partial charge < -0.3 is 5.32 Å². The van der Waals surface area contributed by atoms with Crippen LogP contribution in [0.4, 0.5) is 9.93 Å². The third kappa shape index (κ3) is 2.31. The molecule has 4 rings (SSSR count). The number of carbonyl (C=O) groups is 3. The zero-order valence-electron chi connectivity index (χ0n) is 12.1. The Balaban J connectivity index is 1.31. The molecule has 1 aliphatic heterocycles. The van der Waals surface area contributed by atoms with Gasteiger partial charge in [-0.25, -0.2) is 4.79 Å². The molecule has 0 aromatic carbocycles. The summed E-state index contributed by atoms with van der Waals surface area (Å²) in [4.78, 5) is 37.9. The van der Waals surface area contributed by atoms with Gasteiger partial charge in [0.05, 0.1) is 11.8 Å². The lowest BCUT2D eigenvalue weighted by atomic mass is 9.85. The molecule has 2 heterocycles. The SMILES string of the molecule is O=C(NCCN1C(=O)[C@H]2[C@H](C1=O)[C@H]1C=C[C@H]2C1)Nc1nncs1. The fourth-order valence-electron chi connectivity index (χ4n) is 3.83. The average Bonchev–Trinajstić information content (AvgIpc) is 3.28. The van der Waals surface area contributed by atoms with Gasteiger partial charge in [-0.2, -0.15) is 0 Å². The summed E-state index contributed by atoms with van der Waals surface area (Å²) in [6.45, 7) is 0.415. The number of fused-ring (bicyclic) bond motifs is 5. The second-order valence-electron chi connectivity index (χ2n) is 5.95. The minimum Gasteiger partial charge on any atom is -0.336 e. The van der Waals surface area contributed by atoms with Gasteiger partial charge in [-0.1, -0.05) is 23.5 Å². The molecular weight excluding hydrogens is 318 g/mol. The largest absolute Gasteiger partial charge is 0.336 e. The summed E-state index contributed by atoms with van der Waals surface area (Å²) in [7, 11) is 0. The summed E-state index contributed by atoms with van der Waals surface area (Å²) < 4.78 is 0. The highest BCUT2D eigenvalue weighted by Crippen LogP contribution is 2.52. The molecular formula is C14H15N5O3S. The number of carbonyl (C=O) groups excluding carboxylic acids is 3. The molecule has 0 spiro atoms. The molecule has 2 aliphatic carbocycles. The van der Waals surface area contributed by atoms with Crippen LogP contribution in [0.3, 0.4) is 0 Å². The van der Waals surface area contributed by atoms with Crippen LogP contribution in [0, 0.1) is 23.7 Å². The first-order valence-electron chi connectivity index (χ1n) is 7.49. The summed E-state index contributed by atoms with van der Waals surface area (Å²) >= 11 is 1.21. The quantitative estimate of drug-likeness (QED) is 0.615. The average molecular weight is 333 g/mol. The van der Waals surface area contributed by atoms with E-state index < -0.39 is 6.03 Å². The van der Waals surface area contributed by atoms with E-state index in [0.29, 0.717) is 5.13 Å². The molecule has 0 radical (unpaired) electrons. The standard InChI is InChI=1S/C14H15N5O3S/c20-11-9-7-1-2-8(5-7)10(9)12(21)19(11)4-3-15-13(22)17-14-18-16-6-23-14/h1-2,6-10H,3-5H2,(H2,15,17,18,22)/t7-,8-,9+,10+/m0/s1. The zero-order valence-corrected chi connectivity index (χ0v) is 13.0. The number of hydrogen-bond acceptors (Lipinski definition) is 6. The number of hydrogen-bond donors (Lipinski definition) is 2. The molecule has 2 fully saturated rings. The van der Waals surface area contributed by atoms with Gasteiger partial charge in [-0.3, -0.25) is 19.8 Å². The van der Waals surface area contributed by atoms with Crippen molar-refractivity contribution in [2.75, 3.05) is 18.4 Å². The van der Waals surface area contributed by atoms with Crippen molar-refractivity contribution in [3.63, 3.8) is 0 Å². The number of urea groups is 1. The Morgan fingerprint density at radius 1 is 1.26 bits per heavy atom. The summed E-state index contributed by atoms with van der Waals surface area (Å²) in [5.74, 6) is -0.146. The number of anilines is 1. The normalized spacial score (nSPS) is 30.9. The van der Waals surface area contributed by atoms with Crippen LogP contribution in [-0.2, 0) is 9.59 Å². The predicted octanol–water partition coefficient (Wildman–Crippen LogP) is 0.467. The number of likely N-dealkylation sites (tertiary alicyclic amines) is 1. The van der Waals surface area contributed by atoms with Crippen LogP contribution in [-0.4, -0.2) is 46.0 Å². The number of aromatic nitrogens is 2. The summed E-state index contributed by atoms with van der Waals surface area (Å²) in [6.07, 6.45) is 5.05. The number of amides is 4. The van der Waals surface area contributed by atoms with Gasteiger partial charge in [-0.05, 0) is 18.3 Å². The molecule has 4 amide bonds. The van der Waals surface area contributed by atoms with Crippen molar-refractivity contribution in [1.82, 2.24) is 20.4 Å². The molecule has 1 saturated heterocycles. The monoisotopic (exact) mass is 333 g/mol. The molecule has 0 unspecified atom stereocenters. The number of nitrogens with zero attached hydrogens (tertiary/aromatic N) is 3. The van der Waals surface area contributed by atoms with Crippen LogP contribution in [0.1, 0.15) is 6.42 Å². The predicted molar refractivity (Wildman–Crippen MR) is 81.4 cm³/mol. The maximum Gasteiger partial charge on any atom is 0.321 e. The van der Waals surface area contributed by atoms with Gasteiger partial charge in [0.2, 0.25) is 16.9 Å². The number of imide groups is 1. The highest BCUT2D eigenvalue weighted by atomic mass is 32.1. The third-order valence-electron chi connectivity index (χ3n) is 4.76. The minimum atomic E-state index is -0.428. The first-order chi connectivity index (χ1) is 11.1. The van der Waals surface area contributed by atoms with E-state index in [0.717, 1.165) is 6.42 Å². The molecule has 120 valence electrons. The van der Waals surface area contributed by atoms with Crippen LogP contribution in [0.5, 0.6) is 0 Å². The van der Waals surface area contributed by atoms with E-state index in [4.69, 9.17) is 0 Å². The molecule has 1 aromatic rings. The van der Waals surface area contributed by atoms with Gasteiger partial charge in [0.1, 0.15) is 5.51 Å². The van der Waals surface area contributed by atoms with Crippen LogP contribution >= 0.6 is 11.3 Å². The van der Waals surface area contributed by atoms with Gasteiger partial charge in [0.15, 0.2) is 0 Å². The van der Waals surface area contributed by atoms with Crippen molar-refractivity contribution in [2.45, 2.75) is 6.42 Å². The summed E-state index contributed by atoms with van der Waals surface area (Å²) in [5.41, 5.74) is 1.51. The molecule has 2 N–H and O–H groups in total. The van der Waals surface area contributed by atoms with E-state index in [1.165, 1.54) is 21.7 Å². The van der Waals surface area contributed by atoms with E-state index in [1.54, 1.807) is 0 Å². The highest BCUT2D eigenvalue weighted by Gasteiger charge is 2.58. The Bertz CT molecular complexity index is 659. The molecule has 1 aromatic heterocycles. The van der Waals surface area contributed by atoms with Crippen molar-refractivity contribution in [2.24, 2.45) is 23.7 Å². The first-order valence-corrected chi connectivity index (χ1v) is 8.37. The summed E-state index contributed by atoms with van der Waals surface area (Å²) in [6, 6.07) is -0.428. The zero-order chi connectivity index (χ0) is 16.0. The van der Waals surface area contributed by atoms with Crippen molar-refractivity contribution >= 4 is 34.3 Å². The van der Waals surface area contributed by atoms with E-state index in [2.05, 4.69) is 33.0 Å². The second kappa shape index (κ2) is 5.41. The Morgan fingerprint density at radius 3 is 2.57 bits per heavy atom. The van der Waals surface area contributed by atoms with Crippen LogP contribution in [0.2, 0.25) is 0 Å². The van der Waals surface area contributed by atoms with Gasteiger partial charge in [0, 0.05) is 13.1 Å². The van der Waals surface area contributed by atoms with Crippen LogP contribution in [0.15, 0.2) is 17.7 Å². The van der Waals surface area contributed by atoms with E-state index in [1.807, 2.05) is 0 Å². The van der Waals surface area contributed by atoms with Crippen molar-refractivity contribution in [3.05, 3.63) is 17.7 Å². The molecule has 1 saturated carbocycles. The molecule has 2 bridgehead atoms. The summed E-state index contributed by atoms with van der Waals surface area (Å²) in [5, 5.41) is 12.9. The smallest absolute Gasteiger partial charge is 0.321 e. The molecule has 3 aliphatic rings. The van der Waals surface area contributed by atoms with Crippen molar-refractivity contribution in [3.8, 4) is 0 Å². The Labute approximate surface area is 135 Å². The topological polar surface area (TPSA) is 104 Å². The van der Waals surface area contributed by atoms with E-state index in [9.17, 15) is 14.4 Å². The lowest BCUT2D eigenvalue weighted by Gasteiger charge is -2.17. The van der Waals surface area contributed by atoms with Crippen LogP contribution < -0.4 is 10.6 Å². The van der Waals surface area contributed by atoms with Gasteiger partial charge in [-0.15, -0.1) is 10.2 Å². The highest BCUT2D eigenvalue weighted by molar-refractivity contribution is 7.13. The maximum atomic E-state index is 12.4. The maximum absolute atomic E-state index is 12.4. The third-order valence-corrected chi connectivity index (χ3v) is 5.37. The Morgan fingerprint density at radius 2 is 1.96 bits per heavy atom. The number of allylic oxidation sites excluding steroid dienone is 2. The molecule has 23 heavy (non-hydrogen) atoms. The second-order valence-corrected chi connectivity index (χ2v) is 6.79. The Kier molecular flexibility index (Phi) is 3.37. The number of nitrogens with one attached hydrogen (secondary N) is 2. The van der Waals surface area contributed by atoms with Crippen molar-refractivity contribution in [1.29, 1.82) is 0 Å². The Hall–Kier alpha value is -2.29. The number of rotatable bonds is 4. The fourth-order valence-corrected chi connectivity index (χ4v) is 4.27. The van der Waals surface area contributed by atoms with E-state index >= 15 is 0 Å². The van der Waals surface area contributed by atoms with Gasteiger partial charge >= 0.3 is 6.03 Å². The lowest BCUT2D eigenvalue weighted by Crippen LogP contribution is -2.40. The minimum absolute atomic E-state index is 0.0943. The molecule has 9 heteroatoms. The first kappa shape index (κ1) is 14.3. The molecule has 4 atom stereocenters. The fraction of sp³-hybridized carbons (Fsp3) is 0.500. The van der Waals surface area contributed by atoms with Crippen LogP contribution in [0.25, 0.3) is 0 Å². The molecule has 8 nitrogen and oxygen atoms in total.